The monoisotopic (exact) mass is 247 g/mol. The van der Waals surface area contributed by atoms with Crippen LogP contribution in [-0.4, -0.2) is 4.98 Å². The van der Waals surface area contributed by atoms with E-state index in [2.05, 4.69) is 10.3 Å². The molecule has 0 aliphatic carbocycles. The van der Waals surface area contributed by atoms with Gasteiger partial charge in [-0.2, -0.15) is 5.26 Å². The SMILES string of the molecule is N#Cc1ccnc(Nc2ccc(Cl)c(F)c2)c1. The number of aromatic nitrogens is 1. The third-order valence-corrected chi connectivity index (χ3v) is 2.39. The zero-order valence-electron chi connectivity index (χ0n) is 8.61. The fourth-order valence-corrected chi connectivity index (χ4v) is 1.41. The Morgan fingerprint density at radius 1 is 1.29 bits per heavy atom. The van der Waals surface area contributed by atoms with Gasteiger partial charge in [0.1, 0.15) is 11.6 Å². The Morgan fingerprint density at radius 3 is 2.82 bits per heavy atom. The van der Waals surface area contributed by atoms with Crippen molar-refractivity contribution in [1.82, 2.24) is 4.98 Å². The maximum atomic E-state index is 13.2. The fraction of sp³-hybridized carbons (Fsp3) is 0. The smallest absolute Gasteiger partial charge is 0.143 e. The molecule has 2 rings (SSSR count). The average molecular weight is 248 g/mol. The molecule has 1 aromatic carbocycles. The van der Waals surface area contributed by atoms with E-state index in [1.165, 1.54) is 18.3 Å². The molecule has 2 aromatic rings. The first-order chi connectivity index (χ1) is 8.19. The minimum atomic E-state index is -0.506. The Balaban J connectivity index is 2.25. The molecule has 1 heterocycles. The summed E-state index contributed by atoms with van der Waals surface area (Å²) in [5.41, 5.74) is 1.01. The Bertz CT molecular complexity index is 593. The number of rotatable bonds is 2. The van der Waals surface area contributed by atoms with Gasteiger partial charge in [0.25, 0.3) is 0 Å². The summed E-state index contributed by atoms with van der Waals surface area (Å²) < 4.78 is 13.2. The van der Waals surface area contributed by atoms with Crippen molar-refractivity contribution in [3.63, 3.8) is 0 Å². The van der Waals surface area contributed by atoms with E-state index in [-0.39, 0.29) is 5.02 Å². The zero-order valence-corrected chi connectivity index (χ0v) is 9.37. The number of nitrogens with one attached hydrogen (secondary N) is 1. The van der Waals surface area contributed by atoms with Crippen molar-refractivity contribution in [3.8, 4) is 6.07 Å². The Kier molecular flexibility index (Phi) is 3.22. The minimum Gasteiger partial charge on any atom is -0.340 e. The first kappa shape index (κ1) is 11.4. The van der Waals surface area contributed by atoms with Crippen LogP contribution in [0.3, 0.4) is 0 Å². The summed E-state index contributed by atoms with van der Waals surface area (Å²) in [6.45, 7) is 0. The number of benzene rings is 1. The highest BCUT2D eigenvalue weighted by Gasteiger charge is 2.02. The van der Waals surface area contributed by atoms with E-state index >= 15 is 0 Å². The van der Waals surface area contributed by atoms with Crippen LogP contribution < -0.4 is 5.32 Å². The van der Waals surface area contributed by atoms with Gasteiger partial charge in [0.15, 0.2) is 0 Å². The molecular weight excluding hydrogens is 241 g/mol. The molecule has 1 aromatic heterocycles. The molecule has 0 amide bonds. The van der Waals surface area contributed by atoms with Crippen molar-refractivity contribution >= 4 is 23.1 Å². The van der Waals surface area contributed by atoms with Crippen molar-refractivity contribution in [3.05, 3.63) is 52.9 Å². The molecule has 0 aliphatic heterocycles. The number of pyridine rings is 1. The number of halogens is 2. The summed E-state index contributed by atoms with van der Waals surface area (Å²) in [6, 6.07) is 9.52. The third-order valence-electron chi connectivity index (χ3n) is 2.08. The fourth-order valence-electron chi connectivity index (χ4n) is 1.29. The molecular formula is C12H7ClFN3. The molecule has 0 atom stereocenters. The third kappa shape index (κ3) is 2.71. The van der Waals surface area contributed by atoms with Crippen molar-refractivity contribution in [1.29, 1.82) is 5.26 Å². The number of nitriles is 1. The molecule has 3 nitrogen and oxygen atoms in total. The van der Waals surface area contributed by atoms with Gasteiger partial charge in [-0.3, -0.25) is 0 Å². The molecule has 0 spiro atoms. The summed E-state index contributed by atoms with van der Waals surface area (Å²) in [5, 5.41) is 11.7. The Hall–Kier alpha value is -2.12. The lowest BCUT2D eigenvalue weighted by Crippen LogP contribution is -1.94. The van der Waals surface area contributed by atoms with Crippen LogP contribution in [0.4, 0.5) is 15.9 Å². The summed E-state index contributed by atoms with van der Waals surface area (Å²) in [4.78, 5) is 4.02. The van der Waals surface area contributed by atoms with Crippen LogP contribution in [-0.2, 0) is 0 Å². The molecule has 0 aliphatic rings. The molecule has 0 saturated heterocycles. The first-order valence-electron chi connectivity index (χ1n) is 4.77. The summed E-state index contributed by atoms with van der Waals surface area (Å²) in [7, 11) is 0. The van der Waals surface area contributed by atoms with E-state index in [4.69, 9.17) is 16.9 Å². The Labute approximate surface area is 102 Å². The maximum Gasteiger partial charge on any atom is 0.143 e. The van der Waals surface area contributed by atoms with Gasteiger partial charge < -0.3 is 5.32 Å². The molecule has 0 bridgehead atoms. The van der Waals surface area contributed by atoms with Gasteiger partial charge in [-0.25, -0.2) is 9.37 Å². The lowest BCUT2D eigenvalue weighted by atomic mass is 10.2. The van der Waals surface area contributed by atoms with E-state index in [0.717, 1.165) is 0 Å². The summed E-state index contributed by atoms with van der Waals surface area (Å²) in [5.74, 6) is -0.0288. The van der Waals surface area contributed by atoms with E-state index < -0.39 is 5.82 Å². The second kappa shape index (κ2) is 4.81. The van der Waals surface area contributed by atoms with E-state index in [1.807, 2.05) is 6.07 Å². The molecule has 0 saturated carbocycles. The van der Waals surface area contributed by atoms with Gasteiger partial charge in [0.2, 0.25) is 0 Å². The largest absolute Gasteiger partial charge is 0.340 e. The number of anilines is 2. The normalized spacial score (nSPS) is 9.71. The van der Waals surface area contributed by atoms with Crippen LogP contribution in [0.15, 0.2) is 36.5 Å². The van der Waals surface area contributed by atoms with Gasteiger partial charge in [0, 0.05) is 11.9 Å². The zero-order chi connectivity index (χ0) is 12.3. The van der Waals surface area contributed by atoms with Crippen molar-refractivity contribution in [2.45, 2.75) is 0 Å². The molecule has 5 heteroatoms. The van der Waals surface area contributed by atoms with Gasteiger partial charge in [0.05, 0.1) is 16.7 Å². The number of hydrogen-bond acceptors (Lipinski definition) is 3. The maximum absolute atomic E-state index is 13.2. The van der Waals surface area contributed by atoms with Crippen molar-refractivity contribution in [2.75, 3.05) is 5.32 Å². The highest BCUT2D eigenvalue weighted by molar-refractivity contribution is 6.30. The van der Waals surface area contributed by atoms with E-state index in [1.54, 1.807) is 18.2 Å². The van der Waals surface area contributed by atoms with E-state index in [9.17, 15) is 4.39 Å². The number of nitrogens with zero attached hydrogens (tertiary/aromatic N) is 2. The van der Waals surface area contributed by atoms with Gasteiger partial charge in [-0.05, 0) is 30.3 Å². The van der Waals surface area contributed by atoms with Crippen LogP contribution in [0.2, 0.25) is 5.02 Å². The molecule has 0 fully saturated rings. The molecule has 0 radical (unpaired) electrons. The highest BCUT2D eigenvalue weighted by atomic mass is 35.5. The second-order valence-corrected chi connectivity index (χ2v) is 3.70. The van der Waals surface area contributed by atoms with Crippen molar-refractivity contribution in [2.24, 2.45) is 0 Å². The Morgan fingerprint density at radius 2 is 2.12 bits per heavy atom. The summed E-state index contributed by atoms with van der Waals surface area (Å²) >= 11 is 5.57. The topological polar surface area (TPSA) is 48.7 Å². The lowest BCUT2D eigenvalue weighted by Gasteiger charge is -2.06. The highest BCUT2D eigenvalue weighted by Crippen LogP contribution is 2.21. The molecule has 1 N–H and O–H groups in total. The van der Waals surface area contributed by atoms with Crippen LogP contribution >= 0.6 is 11.6 Å². The van der Waals surface area contributed by atoms with Crippen LogP contribution in [0, 0.1) is 17.1 Å². The second-order valence-electron chi connectivity index (χ2n) is 3.30. The molecule has 84 valence electrons. The summed E-state index contributed by atoms with van der Waals surface area (Å²) in [6.07, 6.45) is 1.51. The number of hydrogen-bond donors (Lipinski definition) is 1. The van der Waals surface area contributed by atoms with Gasteiger partial charge in [-0.1, -0.05) is 11.6 Å². The standard InChI is InChI=1S/C12H7ClFN3/c13-10-2-1-9(6-11(10)14)17-12-5-8(7-15)3-4-16-12/h1-6H,(H,16,17). The van der Waals surface area contributed by atoms with Gasteiger partial charge >= 0.3 is 0 Å². The minimum absolute atomic E-state index is 0.0642. The van der Waals surface area contributed by atoms with Crippen LogP contribution in [0.1, 0.15) is 5.56 Å². The quantitative estimate of drug-likeness (QED) is 0.884. The van der Waals surface area contributed by atoms with Crippen molar-refractivity contribution < 1.29 is 4.39 Å². The van der Waals surface area contributed by atoms with Crippen LogP contribution in [0.25, 0.3) is 0 Å². The molecule has 17 heavy (non-hydrogen) atoms. The van der Waals surface area contributed by atoms with Gasteiger partial charge in [-0.15, -0.1) is 0 Å². The average Bonchev–Trinajstić information content (AvgIpc) is 2.34. The predicted octanol–water partition coefficient (Wildman–Crippen LogP) is 3.49. The molecule has 0 unspecified atom stereocenters. The predicted molar refractivity (Wildman–Crippen MR) is 63.6 cm³/mol. The lowest BCUT2D eigenvalue weighted by molar-refractivity contribution is 0.629. The first-order valence-corrected chi connectivity index (χ1v) is 5.15. The van der Waals surface area contributed by atoms with Crippen LogP contribution in [0.5, 0.6) is 0 Å². The van der Waals surface area contributed by atoms with E-state index in [0.29, 0.717) is 17.1 Å².